The Balaban J connectivity index is 3.02. The SMILES string of the molecule is Cc1cccc(C(=O)NC(C(=O)O)C(C)(C)C)c1Cl. The zero-order valence-electron chi connectivity index (χ0n) is 11.5. The summed E-state index contributed by atoms with van der Waals surface area (Å²) in [5.41, 5.74) is 0.478. The lowest BCUT2D eigenvalue weighted by Crippen LogP contribution is -2.49. The first-order chi connectivity index (χ1) is 8.64. The number of carboxylic acids is 1. The predicted octanol–water partition coefficient (Wildman–Crippen LogP) is 2.88. The van der Waals surface area contributed by atoms with Crippen LogP contribution in [0.1, 0.15) is 36.7 Å². The lowest BCUT2D eigenvalue weighted by atomic mass is 9.86. The summed E-state index contributed by atoms with van der Waals surface area (Å²) in [6.07, 6.45) is 0. The first-order valence-corrected chi connectivity index (χ1v) is 6.31. The fourth-order valence-electron chi connectivity index (χ4n) is 1.68. The third-order valence-electron chi connectivity index (χ3n) is 2.82. The van der Waals surface area contributed by atoms with Crippen molar-refractivity contribution in [3.05, 3.63) is 34.3 Å². The Morgan fingerprint density at radius 2 is 1.89 bits per heavy atom. The van der Waals surface area contributed by atoms with Crippen LogP contribution >= 0.6 is 11.6 Å². The van der Waals surface area contributed by atoms with E-state index in [9.17, 15) is 14.7 Å². The average Bonchev–Trinajstić information content (AvgIpc) is 2.27. The van der Waals surface area contributed by atoms with Crippen LogP contribution in [-0.2, 0) is 4.79 Å². The maximum Gasteiger partial charge on any atom is 0.326 e. The number of halogens is 1. The number of benzene rings is 1. The summed E-state index contributed by atoms with van der Waals surface area (Å²) in [4.78, 5) is 23.3. The molecule has 2 N–H and O–H groups in total. The van der Waals surface area contributed by atoms with E-state index in [1.54, 1.807) is 45.9 Å². The molecule has 1 rings (SSSR count). The minimum absolute atomic E-state index is 0.289. The van der Waals surface area contributed by atoms with E-state index in [2.05, 4.69) is 5.32 Å². The van der Waals surface area contributed by atoms with E-state index in [0.29, 0.717) is 5.02 Å². The van der Waals surface area contributed by atoms with Gasteiger partial charge < -0.3 is 10.4 Å². The van der Waals surface area contributed by atoms with E-state index in [1.807, 2.05) is 0 Å². The molecule has 0 aliphatic rings. The van der Waals surface area contributed by atoms with Crippen LogP contribution in [0.4, 0.5) is 0 Å². The third kappa shape index (κ3) is 3.70. The molecule has 1 aromatic rings. The lowest BCUT2D eigenvalue weighted by Gasteiger charge is -2.27. The molecule has 1 atom stereocenters. The molecule has 1 unspecified atom stereocenters. The molecule has 0 heterocycles. The molecule has 0 spiro atoms. The van der Waals surface area contributed by atoms with Crippen molar-refractivity contribution < 1.29 is 14.7 Å². The van der Waals surface area contributed by atoms with Crippen molar-refractivity contribution in [2.45, 2.75) is 33.7 Å². The van der Waals surface area contributed by atoms with Gasteiger partial charge in [0.2, 0.25) is 0 Å². The summed E-state index contributed by atoms with van der Waals surface area (Å²) in [5, 5.41) is 12.0. The van der Waals surface area contributed by atoms with Gasteiger partial charge in [-0.2, -0.15) is 0 Å². The second-order valence-corrected chi connectivity index (χ2v) is 5.93. The Morgan fingerprint density at radius 3 is 2.37 bits per heavy atom. The maximum absolute atomic E-state index is 12.1. The maximum atomic E-state index is 12.1. The van der Waals surface area contributed by atoms with Crippen molar-refractivity contribution in [2.75, 3.05) is 0 Å². The molecule has 0 aliphatic carbocycles. The smallest absolute Gasteiger partial charge is 0.326 e. The summed E-state index contributed by atoms with van der Waals surface area (Å²) < 4.78 is 0. The number of carboxylic acid groups (broad SMARTS) is 1. The molecule has 0 saturated heterocycles. The summed E-state index contributed by atoms with van der Waals surface area (Å²) >= 11 is 6.06. The minimum Gasteiger partial charge on any atom is -0.480 e. The average molecular weight is 284 g/mol. The van der Waals surface area contributed by atoms with Crippen LogP contribution in [0, 0.1) is 12.3 Å². The topological polar surface area (TPSA) is 66.4 Å². The van der Waals surface area contributed by atoms with Gasteiger partial charge in [0.1, 0.15) is 6.04 Å². The quantitative estimate of drug-likeness (QED) is 0.896. The van der Waals surface area contributed by atoms with Gasteiger partial charge >= 0.3 is 5.97 Å². The number of hydrogen-bond acceptors (Lipinski definition) is 2. The molecule has 0 radical (unpaired) electrons. The van der Waals surface area contributed by atoms with Crippen LogP contribution in [0.2, 0.25) is 5.02 Å². The Hall–Kier alpha value is -1.55. The Labute approximate surface area is 117 Å². The van der Waals surface area contributed by atoms with Crippen molar-refractivity contribution in [2.24, 2.45) is 5.41 Å². The van der Waals surface area contributed by atoms with Crippen molar-refractivity contribution in [3.8, 4) is 0 Å². The van der Waals surface area contributed by atoms with E-state index in [-0.39, 0.29) is 5.56 Å². The summed E-state index contributed by atoms with van der Waals surface area (Å²) in [7, 11) is 0. The van der Waals surface area contributed by atoms with Crippen LogP contribution in [0.5, 0.6) is 0 Å². The Bertz CT molecular complexity index is 506. The van der Waals surface area contributed by atoms with Crippen LogP contribution < -0.4 is 5.32 Å². The molecule has 0 aliphatic heterocycles. The number of nitrogens with one attached hydrogen (secondary N) is 1. The fraction of sp³-hybridized carbons (Fsp3) is 0.429. The van der Waals surface area contributed by atoms with Gasteiger partial charge in [-0.15, -0.1) is 0 Å². The van der Waals surface area contributed by atoms with Crippen molar-refractivity contribution in [1.29, 1.82) is 0 Å². The van der Waals surface area contributed by atoms with Gasteiger partial charge in [0, 0.05) is 0 Å². The van der Waals surface area contributed by atoms with E-state index >= 15 is 0 Å². The Kier molecular flexibility index (Phi) is 4.58. The first kappa shape index (κ1) is 15.5. The molecule has 0 saturated carbocycles. The predicted molar refractivity (Wildman–Crippen MR) is 74.5 cm³/mol. The zero-order valence-corrected chi connectivity index (χ0v) is 12.2. The van der Waals surface area contributed by atoms with Gasteiger partial charge in [0.25, 0.3) is 5.91 Å². The molecule has 104 valence electrons. The highest BCUT2D eigenvalue weighted by Gasteiger charge is 2.33. The molecule has 19 heavy (non-hydrogen) atoms. The van der Waals surface area contributed by atoms with Crippen LogP contribution in [0.25, 0.3) is 0 Å². The first-order valence-electron chi connectivity index (χ1n) is 5.93. The molecule has 0 fully saturated rings. The largest absolute Gasteiger partial charge is 0.480 e. The summed E-state index contributed by atoms with van der Waals surface area (Å²) in [6.45, 7) is 7.05. The minimum atomic E-state index is -1.07. The second kappa shape index (κ2) is 5.61. The van der Waals surface area contributed by atoms with Gasteiger partial charge in [-0.25, -0.2) is 4.79 Å². The van der Waals surface area contributed by atoms with Crippen LogP contribution in [-0.4, -0.2) is 23.0 Å². The molecule has 0 bridgehead atoms. The number of amides is 1. The second-order valence-electron chi connectivity index (χ2n) is 5.55. The number of carbonyl (C=O) groups excluding carboxylic acids is 1. The summed E-state index contributed by atoms with van der Waals surface area (Å²) in [6, 6.07) is 4.10. The lowest BCUT2D eigenvalue weighted by molar-refractivity contribution is -0.142. The van der Waals surface area contributed by atoms with E-state index in [0.717, 1.165) is 5.56 Å². The number of carbonyl (C=O) groups is 2. The highest BCUT2D eigenvalue weighted by Crippen LogP contribution is 2.23. The highest BCUT2D eigenvalue weighted by atomic mass is 35.5. The van der Waals surface area contributed by atoms with E-state index < -0.39 is 23.3 Å². The fourth-order valence-corrected chi connectivity index (χ4v) is 1.89. The third-order valence-corrected chi connectivity index (χ3v) is 3.33. The van der Waals surface area contributed by atoms with Gasteiger partial charge in [0.05, 0.1) is 10.6 Å². The van der Waals surface area contributed by atoms with Gasteiger partial charge in [-0.05, 0) is 24.0 Å². The number of aliphatic carboxylic acids is 1. The monoisotopic (exact) mass is 283 g/mol. The molecular formula is C14H18ClNO3. The molecule has 1 amide bonds. The number of rotatable bonds is 3. The standard InChI is InChI=1S/C14H18ClNO3/c1-8-6-5-7-9(10(8)15)12(17)16-11(13(18)19)14(2,3)4/h5-7,11H,1-4H3,(H,16,17)(H,18,19). The molecule has 5 heteroatoms. The van der Waals surface area contributed by atoms with Gasteiger partial charge in [0.15, 0.2) is 0 Å². The molecular weight excluding hydrogens is 266 g/mol. The van der Waals surface area contributed by atoms with Crippen LogP contribution in [0.15, 0.2) is 18.2 Å². The van der Waals surface area contributed by atoms with E-state index in [4.69, 9.17) is 11.6 Å². The van der Waals surface area contributed by atoms with Crippen molar-refractivity contribution >= 4 is 23.5 Å². The number of aryl methyl sites for hydroxylation is 1. The zero-order chi connectivity index (χ0) is 14.8. The molecule has 1 aromatic carbocycles. The van der Waals surface area contributed by atoms with Crippen LogP contribution in [0.3, 0.4) is 0 Å². The van der Waals surface area contributed by atoms with Crippen molar-refractivity contribution in [1.82, 2.24) is 5.32 Å². The van der Waals surface area contributed by atoms with Crippen molar-refractivity contribution in [3.63, 3.8) is 0 Å². The number of hydrogen-bond donors (Lipinski definition) is 2. The normalized spacial score (nSPS) is 12.9. The highest BCUT2D eigenvalue weighted by molar-refractivity contribution is 6.34. The molecule has 4 nitrogen and oxygen atoms in total. The summed E-state index contributed by atoms with van der Waals surface area (Å²) in [5.74, 6) is -1.54. The Morgan fingerprint density at radius 1 is 1.32 bits per heavy atom. The van der Waals surface area contributed by atoms with Gasteiger partial charge in [-0.1, -0.05) is 44.5 Å². The van der Waals surface area contributed by atoms with Gasteiger partial charge in [-0.3, -0.25) is 4.79 Å². The molecule has 0 aromatic heterocycles. The van der Waals surface area contributed by atoms with E-state index in [1.165, 1.54) is 0 Å².